The van der Waals surface area contributed by atoms with Crippen molar-refractivity contribution in [3.63, 3.8) is 0 Å². The van der Waals surface area contributed by atoms with E-state index in [2.05, 4.69) is 25.3 Å². The zero-order valence-electron chi connectivity index (χ0n) is 15.4. The summed E-state index contributed by atoms with van der Waals surface area (Å²) in [5.41, 5.74) is 3.60. The van der Waals surface area contributed by atoms with Crippen molar-refractivity contribution < 1.29 is 4.74 Å². The second-order valence-electron chi connectivity index (χ2n) is 6.03. The fourth-order valence-electron chi connectivity index (χ4n) is 2.63. The molecule has 0 fully saturated rings. The monoisotopic (exact) mass is 385 g/mol. The number of aromatic amines is 2. The minimum absolute atomic E-state index is 0.141. The van der Waals surface area contributed by atoms with Gasteiger partial charge in [-0.3, -0.25) is 9.78 Å². The molecule has 27 heavy (non-hydrogen) atoms. The minimum Gasteiger partial charge on any atom is -0.496 e. The number of anilines is 1. The number of aryl methyl sites for hydroxylation is 1. The van der Waals surface area contributed by atoms with E-state index in [9.17, 15) is 4.79 Å². The molecule has 7 nitrogen and oxygen atoms in total. The summed E-state index contributed by atoms with van der Waals surface area (Å²) < 4.78 is 5.34. The molecule has 0 bridgehead atoms. The zero-order valence-corrected chi connectivity index (χ0v) is 16.2. The Balaban J connectivity index is 1.51. The summed E-state index contributed by atoms with van der Waals surface area (Å²) in [6.07, 6.45) is 3.81. The molecule has 0 spiro atoms. The van der Waals surface area contributed by atoms with Gasteiger partial charge < -0.3 is 15.0 Å². The number of nitrogens with zero attached hydrogens (tertiary/aromatic N) is 2. The minimum atomic E-state index is -0.141. The maximum absolute atomic E-state index is 12.3. The van der Waals surface area contributed by atoms with E-state index in [1.54, 1.807) is 31.4 Å². The van der Waals surface area contributed by atoms with Crippen LogP contribution in [0.1, 0.15) is 22.5 Å². The Labute approximate surface area is 162 Å². The van der Waals surface area contributed by atoms with E-state index >= 15 is 0 Å². The highest BCUT2D eigenvalue weighted by molar-refractivity contribution is 7.98. The smallest absolute Gasteiger partial charge is 0.255 e. The van der Waals surface area contributed by atoms with Crippen LogP contribution in [0, 0.1) is 6.92 Å². The summed E-state index contributed by atoms with van der Waals surface area (Å²) >= 11 is 1.78. The second-order valence-corrected chi connectivity index (χ2v) is 7.13. The molecule has 0 amide bonds. The number of nitrogens with one attached hydrogen (secondary N) is 3. The fraction of sp³-hybridized carbons (Fsp3) is 0.316. The van der Waals surface area contributed by atoms with Gasteiger partial charge in [0.25, 0.3) is 5.56 Å². The number of imidazole rings is 1. The average molecular weight is 385 g/mol. The lowest BCUT2D eigenvalue weighted by atomic mass is 10.1. The summed E-state index contributed by atoms with van der Waals surface area (Å²) in [4.78, 5) is 26.8. The topological polar surface area (TPSA) is 95.7 Å². The van der Waals surface area contributed by atoms with Crippen molar-refractivity contribution in [2.24, 2.45) is 0 Å². The molecule has 0 unspecified atom stereocenters. The Bertz CT molecular complexity index is 938. The van der Waals surface area contributed by atoms with Crippen LogP contribution in [0.5, 0.6) is 5.75 Å². The van der Waals surface area contributed by atoms with Gasteiger partial charge in [-0.2, -0.15) is 11.8 Å². The van der Waals surface area contributed by atoms with Gasteiger partial charge in [0.1, 0.15) is 5.75 Å². The van der Waals surface area contributed by atoms with Gasteiger partial charge in [-0.1, -0.05) is 18.2 Å². The Morgan fingerprint density at radius 3 is 2.81 bits per heavy atom. The van der Waals surface area contributed by atoms with Gasteiger partial charge in [-0.25, -0.2) is 9.97 Å². The van der Waals surface area contributed by atoms with E-state index in [0.717, 1.165) is 34.2 Å². The van der Waals surface area contributed by atoms with Gasteiger partial charge in [-0.05, 0) is 18.6 Å². The van der Waals surface area contributed by atoms with E-state index in [1.165, 1.54) is 0 Å². The number of H-pyrrole nitrogens is 2. The summed E-state index contributed by atoms with van der Waals surface area (Å²) in [7, 11) is 1.62. The highest BCUT2D eigenvalue weighted by atomic mass is 32.2. The van der Waals surface area contributed by atoms with E-state index < -0.39 is 0 Å². The van der Waals surface area contributed by atoms with Crippen molar-refractivity contribution in [2.45, 2.75) is 19.1 Å². The van der Waals surface area contributed by atoms with E-state index in [0.29, 0.717) is 24.5 Å². The molecule has 3 aromatic rings. The average Bonchev–Trinajstić information content (AvgIpc) is 3.09. The summed E-state index contributed by atoms with van der Waals surface area (Å²) in [6.45, 7) is 2.73. The van der Waals surface area contributed by atoms with Crippen LogP contribution in [0.25, 0.3) is 0 Å². The fourth-order valence-corrected chi connectivity index (χ4v) is 3.51. The van der Waals surface area contributed by atoms with E-state index in [1.807, 2.05) is 31.2 Å². The van der Waals surface area contributed by atoms with Crippen molar-refractivity contribution in [3.8, 4) is 5.75 Å². The second kappa shape index (κ2) is 9.27. The molecule has 3 rings (SSSR count). The summed E-state index contributed by atoms with van der Waals surface area (Å²) in [5, 5.41) is 3.15. The number of rotatable bonds is 9. The van der Waals surface area contributed by atoms with Crippen molar-refractivity contribution in [3.05, 3.63) is 69.7 Å². The Morgan fingerprint density at radius 2 is 2.07 bits per heavy atom. The van der Waals surface area contributed by atoms with Crippen LogP contribution >= 0.6 is 11.8 Å². The van der Waals surface area contributed by atoms with Gasteiger partial charge in [0.15, 0.2) is 0 Å². The first-order chi connectivity index (χ1) is 13.2. The summed E-state index contributed by atoms with van der Waals surface area (Å²) in [6, 6.07) is 7.67. The Kier molecular flexibility index (Phi) is 6.54. The third-order valence-corrected chi connectivity index (χ3v) is 5.13. The lowest BCUT2D eigenvalue weighted by molar-refractivity contribution is 0.410. The predicted octanol–water partition coefficient (Wildman–Crippen LogP) is 2.75. The highest BCUT2D eigenvalue weighted by Crippen LogP contribution is 2.19. The lowest BCUT2D eigenvalue weighted by Crippen LogP contribution is -2.18. The van der Waals surface area contributed by atoms with Gasteiger partial charge >= 0.3 is 0 Å². The molecular formula is C19H23N5O2S. The molecule has 2 aromatic heterocycles. The van der Waals surface area contributed by atoms with Crippen molar-refractivity contribution >= 4 is 17.7 Å². The van der Waals surface area contributed by atoms with Crippen LogP contribution in [-0.4, -0.2) is 39.3 Å². The first kappa shape index (κ1) is 19.0. The lowest BCUT2D eigenvalue weighted by Gasteiger charge is -2.09. The number of aromatic nitrogens is 4. The maximum atomic E-state index is 12.3. The molecule has 2 heterocycles. The molecular weight excluding hydrogens is 362 g/mol. The van der Waals surface area contributed by atoms with Gasteiger partial charge in [0, 0.05) is 41.9 Å². The molecule has 0 atom stereocenters. The van der Waals surface area contributed by atoms with Crippen LogP contribution in [-0.2, 0) is 12.2 Å². The number of methoxy groups -OCH3 is 1. The molecule has 0 saturated carbocycles. The largest absolute Gasteiger partial charge is 0.496 e. The quantitative estimate of drug-likeness (QED) is 0.490. The third kappa shape index (κ3) is 5.13. The standard InChI is InChI=1S/C19H23N5O2S/c1-13-16(23-12-22-13)11-27-8-7-20-19-21-10-15(18(25)24-19)9-14-5-3-4-6-17(14)26-2/h3-6,10,12H,7-9,11H2,1-2H3,(H,22,23)(H2,20,21,24,25). The van der Waals surface area contributed by atoms with Gasteiger partial charge in [0.05, 0.1) is 19.1 Å². The van der Waals surface area contributed by atoms with Crippen LogP contribution in [0.4, 0.5) is 5.95 Å². The number of hydrogen-bond donors (Lipinski definition) is 3. The number of hydrogen-bond acceptors (Lipinski definition) is 6. The molecule has 8 heteroatoms. The van der Waals surface area contributed by atoms with Crippen molar-refractivity contribution in [1.29, 1.82) is 0 Å². The molecule has 0 radical (unpaired) electrons. The molecule has 0 aliphatic rings. The van der Waals surface area contributed by atoms with Crippen molar-refractivity contribution in [2.75, 3.05) is 24.7 Å². The van der Waals surface area contributed by atoms with E-state index in [4.69, 9.17) is 4.74 Å². The van der Waals surface area contributed by atoms with Crippen LogP contribution < -0.4 is 15.6 Å². The normalized spacial score (nSPS) is 10.7. The molecule has 3 N–H and O–H groups in total. The molecule has 142 valence electrons. The zero-order chi connectivity index (χ0) is 19.1. The van der Waals surface area contributed by atoms with Crippen LogP contribution in [0.2, 0.25) is 0 Å². The van der Waals surface area contributed by atoms with E-state index in [-0.39, 0.29) is 5.56 Å². The van der Waals surface area contributed by atoms with Crippen molar-refractivity contribution in [1.82, 2.24) is 19.9 Å². The van der Waals surface area contributed by atoms with Gasteiger partial charge in [0.2, 0.25) is 5.95 Å². The first-order valence-electron chi connectivity index (χ1n) is 8.68. The number of ether oxygens (including phenoxy) is 1. The Morgan fingerprint density at radius 1 is 1.22 bits per heavy atom. The molecule has 0 aliphatic carbocycles. The molecule has 0 saturated heterocycles. The Hall–Kier alpha value is -2.74. The first-order valence-corrected chi connectivity index (χ1v) is 9.83. The van der Waals surface area contributed by atoms with Crippen LogP contribution in [0.15, 0.2) is 41.6 Å². The predicted molar refractivity (Wildman–Crippen MR) is 109 cm³/mol. The number of thioether (sulfide) groups is 1. The third-order valence-electron chi connectivity index (χ3n) is 4.16. The molecule has 0 aliphatic heterocycles. The molecule has 1 aromatic carbocycles. The number of para-hydroxylation sites is 1. The highest BCUT2D eigenvalue weighted by Gasteiger charge is 2.08. The number of benzene rings is 1. The SMILES string of the molecule is COc1ccccc1Cc1cnc(NCCSCc2nc[nH]c2C)[nH]c1=O. The maximum Gasteiger partial charge on any atom is 0.255 e. The van der Waals surface area contributed by atoms with Crippen LogP contribution in [0.3, 0.4) is 0 Å². The summed E-state index contributed by atoms with van der Waals surface area (Å²) in [5.74, 6) is 3.00. The van der Waals surface area contributed by atoms with Gasteiger partial charge in [-0.15, -0.1) is 0 Å².